The average molecular weight is 196 g/mol. The predicted octanol–water partition coefficient (Wildman–Crippen LogP) is -0.562. The van der Waals surface area contributed by atoms with E-state index in [2.05, 4.69) is 25.3 Å². The van der Waals surface area contributed by atoms with E-state index in [1.165, 1.54) is 6.39 Å². The molecule has 1 unspecified atom stereocenters. The minimum absolute atomic E-state index is 0.136. The first kappa shape index (κ1) is 9.14. The van der Waals surface area contributed by atoms with Crippen molar-refractivity contribution >= 4 is 5.91 Å². The minimum Gasteiger partial charge on any atom is -0.352 e. The van der Waals surface area contributed by atoms with Crippen molar-refractivity contribution in [1.29, 1.82) is 0 Å². The van der Waals surface area contributed by atoms with Crippen LogP contribution in [0.1, 0.15) is 18.7 Å². The van der Waals surface area contributed by atoms with Crippen LogP contribution in [-0.4, -0.2) is 28.6 Å². The summed E-state index contributed by atoms with van der Waals surface area (Å²) in [6.45, 7) is 1.32. The van der Waals surface area contributed by atoms with E-state index in [9.17, 15) is 4.79 Å². The molecule has 0 aliphatic carbocycles. The first-order chi connectivity index (χ1) is 6.84. The van der Waals surface area contributed by atoms with Crippen LogP contribution in [-0.2, 0) is 11.3 Å². The van der Waals surface area contributed by atoms with Crippen LogP contribution >= 0.6 is 0 Å². The minimum atomic E-state index is 0.136. The van der Waals surface area contributed by atoms with Gasteiger partial charge in [0.25, 0.3) is 0 Å². The maximum atomic E-state index is 10.9. The number of carbonyl (C=O) groups excluding carboxylic acids is 1. The number of hydrogen-bond acceptors (Lipinski definition) is 5. The third kappa shape index (κ3) is 2.29. The van der Waals surface area contributed by atoms with Crippen molar-refractivity contribution in [2.24, 2.45) is 0 Å². The summed E-state index contributed by atoms with van der Waals surface area (Å²) in [6, 6.07) is 0.245. The number of amides is 1. The number of rotatable bonds is 4. The van der Waals surface area contributed by atoms with E-state index in [-0.39, 0.29) is 11.9 Å². The van der Waals surface area contributed by atoms with E-state index in [0.717, 1.165) is 13.0 Å². The summed E-state index contributed by atoms with van der Waals surface area (Å²) in [4.78, 5) is 14.7. The molecule has 1 aliphatic rings. The summed E-state index contributed by atoms with van der Waals surface area (Å²) in [5.41, 5.74) is 0. The summed E-state index contributed by atoms with van der Waals surface area (Å²) in [7, 11) is 0. The van der Waals surface area contributed by atoms with Gasteiger partial charge in [-0.3, -0.25) is 4.79 Å². The van der Waals surface area contributed by atoms with E-state index in [1.54, 1.807) is 0 Å². The molecule has 1 amide bonds. The van der Waals surface area contributed by atoms with Crippen molar-refractivity contribution < 1.29 is 9.32 Å². The lowest BCUT2D eigenvalue weighted by molar-refractivity contribution is -0.119. The molecule has 2 rings (SSSR count). The lowest BCUT2D eigenvalue weighted by atomic mass is 10.2. The molecule has 1 fully saturated rings. The average Bonchev–Trinajstić information content (AvgIpc) is 2.77. The molecule has 2 heterocycles. The molecular weight excluding hydrogens is 184 g/mol. The van der Waals surface area contributed by atoms with Gasteiger partial charge in [0.1, 0.15) is 0 Å². The molecule has 1 saturated heterocycles. The van der Waals surface area contributed by atoms with Gasteiger partial charge in [-0.1, -0.05) is 5.16 Å². The van der Waals surface area contributed by atoms with Crippen molar-refractivity contribution in [3.63, 3.8) is 0 Å². The third-order valence-electron chi connectivity index (χ3n) is 2.17. The Morgan fingerprint density at radius 3 is 3.29 bits per heavy atom. The van der Waals surface area contributed by atoms with Crippen LogP contribution in [0.4, 0.5) is 0 Å². The molecule has 0 spiro atoms. The highest BCUT2D eigenvalue weighted by Gasteiger charge is 2.19. The molecule has 1 atom stereocenters. The lowest BCUT2D eigenvalue weighted by Crippen LogP contribution is -2.35. The Balaban J connectivity index is 1.66. The Kier molecular flexibility index (Phi) is 2.73. The van der Waals surface area contributed by atoms with Gasteiger partial charge in [-0.15, -0.1) is 0 Å². The first-order valence-electron chi connectivity index (χ1n) is 4.60. The molecule has 1 aromatic heterocycles. The van der Waals surface area contributed by atoms with Gasteiger partial charge >= 0.3 is 0 Å². The van der Waals surface area contributed by atoms with Crippen LogP contribution < -0.4 is 10.6 Å². The zero-order valence-corrected chi connectivity index (χ0v) is 7.69. The van der Waals surface area contributed by atoms with Crippen LogP contribution in [0.2, 0.25) is 0 Å². The van der Waals surface area contributed by atoms with E-state index in [4.69, 9.17) is 0 Å². The highest BCUT2D eigenvalue weighted by Crippen LogP contribution is 2.04. The maximum absolute atomic E-state index is 10.9. The van der Waals surface area contributed by atoms with Crippen LogP contribution in [0.3, 0.4) is 0 Å². The maximum Gasteiger partial charge on any atom is 0.220 e. The standard InChI is InChI=1S/C8H12N4O2/c13-8-2-1-6(11-8)3-9-4-7-10-5-14-12-7/h5-6,9H,1-4H2,(H,11,13). The van der Waals surface area contributed by atoms with Gasteiger partial charge in [0.15, 0.2) is 5.82 Å². The smallest absolute Gasteiger partial charge is 0.220 e. The third-order valence-corrected chi connectivity index (χ3v) is 2.17. The normalized spacial score (nSPS) is 21.1. The number of carbonyl (C=O) groups is 1. The van der Waals surface area contributed by atoms with Crippen LogP contribution in [0.5, 0.6) is 0 Å². The second kappa shape index (κ2) is 4.19. The van der Waals surface area contributed by atoms with E-state index < -0.39 is 0 Å². The Labute approximate surface area is 81.1 Å². The monoisotopic (exact) mass is 196 g/mol. The molecule has 1 aromatic rings. The summed E-state index contributed by atoms with van der Waals surface area (Å²) >= 11 is 0. The fraction of sp³-hybridized carbons (Fsp3) is 0.625. The van der Waals surface area contributed by atoms with Gasteiger partial charge in [0.2, 0.25) is 12.3 Å². The topological polar surface area (TPSA) is 80.1 Å². The number of nitrogens with one attached hydrogen (secondary N) is 2. The molecule has 2 N–H and O–H groups in total. The van der Waals surface area contributed by atoms with Crippen molar-refractivity contribution in [1.82, 2.24) is 20.8 Å². The van der Waals surface area contributed by atoms with Crippen LogP contribution in [0.25, 0.3) is 0 Å². The summed E-state index contributed by atoms with van der Waals surface area (Å²) < 4.78 is 4.58. The van der Waals surface area contributed by atoms with Gasteiger partial charge in [0, 0.05) is 19.0 Å². The fourth-order valence-electron chi connectivity index (χ4n) is 1.46. The molecule has 0 radical (unpaired) electrons. The molecule has 0 saturated carbocycles. The SMILES string of the molecule is O=C1CCC(CNCc2ncon2)N1. The first-order valence-corrected chi connectivity index (χ1v) is 4.60. The number of nitrogens with zero attached hydrogens (tertiary/aromatic N) is 2. The molecule has 76 valence electrons. The van der Waals surface area contributed by atoms with Crippen molar-refractivity contribution in [2.75, 3.05) is 6.54 Å². The van der Waals surface area contributed by atoms with E-state index in [0.29, 0.717) is 18.8 Å². The number of hydrogen-bond donors (Lipinski definition) is 2. The Hall–Kier alpha value is -1.43. The zero-order chi connectivity index (χ0) is 9.80. The van der Waals surface area contributed by atoms with Crippen molar-refractivity contribution in [3.05, 3.63) is 12.2 Å². The molecule has 0 bridgehead atoms. The van der Waals surface area contributed by atoms with Gasteiger partial charge in [-0.05, 0) is 6.42 Å². The van der Waals surface area contributed by atoms with Crippen LogP contribution in [0.15, 0.2) is 10.9 Å². The number of aromatic nitrogens is 2. The summed E-state index contributed by atoms with van der Waals surface area (Å²) in [5, 5.41) is 9.68. The molecule has 1 aliphatic heterocycles. The predicted molar refractivity (Wildman–Crippen MR) is 47.2 cm³/mol. The fourth-order valence-corrected chi connectivity index (χ4v) is 1.46. The molecule has 14 heavy (non-hydrogen) atoms. The van der Waals surface area contributed by atoms with Crippen molar-refractivity contribution in [3.8, 4) is 0 Å². The highest BCUT2D eigenvalue weighted by molar-refractivity contribution is 5.78. The molecule has 0 aromatic carbocycles. The van der Waals surface area contributed by atoms with E-state index >= 15 is 0 Å². The van der Waals surface area contributed by atoms with Gasteiger partial charge in [0.05, 0.1) is 6.54 Å². The zero-order valence-electron chi connectivity index (χ0n) is 7.69. The van der Waals surface area contributed by atoms with Gasteiger partial charge < -0.3 is 15.2 Å². The summed E-state index contributed by atoms with van der Waals surface area (Å²) in [6.07, 6.45) is 2.83. The molecule has 6 nitrogen and oxygen atoms in total. The largest absolute Gasteiger partial charge is 0.352 e. The summed E-state index contributed by atoms with van der Waals surface area (Å²) in [5.74, 6) is 0.769. The molecular formula is C8H12N4O2. The highest BCUT2D eigenvalue weighted by atomic mass is 16.5. The Morgan fingerprint density at radius 1 is 1.71 bits per heavy atom. The van der Waals surface area contributed by atoms with Gasteiger partial charge in [-0.25, -0.2) is 0 Å². The van der Waals surface area contributed by atoms with Crippen molar-refractivity contribution in [2.45, 2.75) is 25.4 Å². The van der Waals surface area contributed by atoms with Gasteiger partial charge in [-0.2, -0.15) is 4.98 Å². The Morgan fingerprint density at radius 2 is 2.64 bits per heavy atom. The van der Waals surface area contributed by atoms with E-state index in [1.807, 2.05) is 0 Å². The second-order valence-electron chi connectivity index (χ2n) is 3.28. The quantitative estimate of drug-likeness (QED) is 0.674. The second-order valence-corrected chi connectivity index (χ2v) is 3.28. The molecule has 6 heteroatoms. The Bertz CT molecular complexity index is 298. The lowest BCUT2D eigenvalue weighted by Gasteiger charge is -2.09. The van der Waals surface area contributed by atoms with Crippen LogP contribution in [0, 0.1) is 0 Å².